The first-order valence-electron chi connectivity index (χ1n) is 8.02. The molecule has 0 unspecified atom stereocenters. The van der Waals surface area contributed by atoms with Gasteiger partial charge in [-0.05, 0) is 62.2 Å². The van der Waals surface area contributed by atoms with Gasteiger partial charge in [0.1, 0.15) is 5.75 Å². The fraction of sp³-hybridized carbons (Fsp3) is 0.278. The minimum Gasteiger partial charge on any atom is -0.494 e. The van der Waals surface area contributed by atoms with Gasteiger partial charge in [0.15, 0.2) is 0 Å². The predicted octanol–water partition coefficient (Wildman–Crippen LogP) is 3.27. The summed E-state index contributed by atoms with van der Waals surface area (Å²) in [6.07, 6.45) is 0. The van der Waals surface area contributed by atoms with E-state index in [4.69, 9.17) is 16.3 Å². The van der Waals surface area contributed by atoms with E-state index >= 15 is 0 Å². The molecule has 1 amide bonds. The standard InChI is InChI=1S/C18H21ClN2O4S/c1-4-25-14-5-7-15(8-6-14)26(23,24)20-11-17(22)21-18-13(3)9-12(2)10-16(18)19/h5-10,20H,4,11H2,1-3H3,(H,21,22). The summed E-state index contributed by atoms with van der Waals surface area (Å²) in [6, 6.07) is 9.58. The zero-order valence-electron chi connectivity index (χ0n) is 14.8. The first kappa shape index (κ1) is 20.2. The Kier molecular flexibility index (Phi) is 6.63. The van der Waals surface area contributed by atoms with Crippen LogP contribution >= 0.6 is 11.6 Å². The first-order valence-corrected chi connectivity index (χ1v) is 9.88. The molecule has 26 heavy (non-hydrogen) atoms. The molecule has 0 aliphatic rings. The van der Waals surface area contributed by atoms with Gasteiger partial charge in [0.05, 0.1) is 28.8 Å². The van der Waals surface area contributed by atoms with Crippen LogP contribution in [0.25, 0.3) is 0 Å². The van der Waals surface area contributed by atoms with Crippen LogP contribution < -0.4 is 14.8 Å². The number of aryl methyl sites for hydroxylation is 2. The van der Waals surface area contributed by atoms with Crippen molar-refractivity contribution in [1.29, 1.82) is 0 Å². The van der Waals surface area contributed by atoms with Crippen LogP contribution in [0.15, 0.2) is 41.3 Å². The van der Waals surface area contributed by atoms with Crippen molar-refractivity contribution in [1.82, 2.24) is 4.72 Å². The number of halogens is 1. The number of ether oxygens (including phenoxy) is 1. The Labute approximate surface area is 158 Å². The van der Waals surface area contributed by atoms with Gasteiger partial charge in [-0.3, -0.25) is 4.79 Å². The van der Waals surface area contributed by atoms with Crippen molar-refractivity contribution in [2.75, 3.05) is 18.5 Å². The van der Waals surface area contributed by atoms with Crippen molar-refractivity contribution in [3.63, 3.8) is 0 Å². The summed E-state index contributed by atoms with van der Waals surface area (Å²) in [6.45, 7) is 5.64. The Balaban J connectivity index is 2.02. The average molecular weight is 397 g/mol. The normalized spacial score (nSPS) is 11.2. The van der Waals surface area contributed by atoms with Gasteiger partial charge in [-0.25, -0.2) is 13.1 Å². The zero-order chi connectivity index (χ0) is 19.3. The summed E-state index contributed by atoms with van der Waals surface area (Å²) in [5.74, 6) is 0.0713. The van der Waals surface area contributed by atoms with Crippen LogP contribution in [0.2, 0.25) is 5.02 Å². The molecule has 0 spiro atoms. The van der Waals surface area contributed by atoms with Crippen molar-refractivity contribution in [2.24, 2.45) is 0 Å². The number of carbonyl (C=O) groups excluding carboxylic acids is 1. The number of anilines is 1. The van der Waals surface area contributed by atoms with Gasteiger partial charge in [0, 0.05) is 0 Å². The third kappa shape index (κ3) is 5.20. The molecule has 2 aromatic carbocycles. The van der Waals surface area contributed by atoms with Crippen LogP contribution in [-0.4, -0.2) is 27.5 Å². The number of carbonyl (C=O) groups is 1. The highest BCUT2D eigenvalue weighted by Gasteiger charge is 2.16. The molecule has 8 heteroatoms. The molecule has 0 saturated heterocycles. The maximum absolute atomic E-state index is 12.3. The highest BCUT2D eigenvalue weighted by Crippen LogP contribution is 2.27. The minimum absolute atomic E-state index is 0.0540. The number of hydrogen-bond acceptors (Lipinski definition) is 4. The fourth-order valence-electron chi connectivity index (χ4n) is 2.38. The average Bonchev–Trinajstić information content (AvgIpc) is 2.57. The molecular formula is C18H21ClN2O4S. The Morgan fingerprint density at radius 2 is 1.81 bits per heavy atom. The monoisotopic (exact) mass is 396 g/mol. The van der Waals surface area contributed by atoms with E-state index in [0.717, 1.165) is 11.1 Å². The van der Waals surface area contributed by atoms with Crippen molar-refractivity contribution in [3.05, 3.63) is 52.5 Å². The van der Waals surface area contributed by atoms with Crippen LogP contribution in [0, 0.1) is 13.8 Å². The lowest BCUT2D eigenvalue weighted by Gasteiger charge is -2.12. The van der Waals surface area contributed by atoms with Gasteiger partial charge in [0.25, 0.3) is 0 Å². The largest absolute Gasteiger partial charge is 0.494 e. The lowest BCUT2D eigenvalue weighted by atomic mass is 10.1. The first-order chi connectivity index (χ1) is 12.2. The zero-order valence-corrected chi connectivity index (χ0v) is 16.4. The van der Waals surface area contributed by atoms with Gasteiger partial charge >= 0.3 is 0 Å². The topological polar surface area (TPSA) is 84.5 Å². The third-order valence-corrected chi connectivity index (χ3v) is 5.28. The van der Waals surface area contributed by atoms with Crippen LogP contribution in [0.5, 0.6) is 5.75 Å². The predicted molar refractivity (Wildman–Crippen MR) is 102 cm³/mol. The molecule has 6 nitrogen and oxygen atoms in total. The number of rotatable bonds is 7. The molecular weight excluding hydrogens is 376 g/mol. The maximum atomic E-state index is 12.3. The van der Waals surface area contributed by atoms with Gasteiger partial charge in [-0.15, -0.1) is 0 Å². The summed E-state index contributed by atoms with van der Waals surface area (Å²) in [5.41, 5.74) is 2.25. The summed E-state index contributed by atoms with van der Waals surface area (Å²) in [4.78, 5) is 12.2. The van der Waals surface area contributed by atoms with Crippen molar-refractivity contribution in [2.45, 2.75) is 25.7 Å². The third-order valence-electron chi connectivity index (χ3n) is 3.56. The lowest BCUT2D eigenvalue weighted by Crippen LogP contribution is -2.33. The molecule has 0 atom stereocenters. The number of sulfonamides is 1. The molecule has 0 radical (unpaired) electrons. The minimum atomic E-state index is -3.81. The molecule has 140 valence electrons. The van der Waals surface area contributed by atoms with E-state index < -0.39 is 22.5 Å². The summed E-state index contributed by atoms with van der Waals surface area (Å²) >= 11 is 6.14. The van der Waals surface area contributed by atoms with Gasteiger partial charge in [0.2, 0.25) is 15.9 Å². The quantitative estimate of drug-likeness (QED) is 0.752. The molecule has 2 aromatic rings. The fourth-order valence-corrected chi connectivity index (χ4v) is 3.73. The molecule has 2 rings (SSSR count). The Morgan fingerprint density at radius 1 is 1.15 bits per heavy atom. The highest BCUT2D eigenvalue weighted by atomic mass is 35.5. The molecule has 0 saturated carbocycles. The number of benzene rings is 2. The van der Waals surface area contributed by atoms with Gasteiger partial charge < -0.3 is 10.1 Å². The highest BCUT2D eigenvalue weighted by molar-refractivity contribution is 7.89. The molecule has 0 aliphatic heterocycles. The molecule has 0 aliphatic carbocycles. The van der Waals surface area contributed by atoms with E-state index in [1.165, 1.54) is 12.1 Å². The Hall–Kier alpha value is -2.09. The molecule has 0 aromatic heterocycles. The van der Waals surface area contributed by atoms with Crippen molar-refractivity contribution < 1.29 is 17.9 Å². The van der Waals surface area contributed by atoms with Gasteiger partial charge in [-0.1, -0.05) is 17.7 Å². The van der Waals surface area contributed by atoms with Crippen LogP contribution in [0.3, 0.4) is 0 Å². The van der Waals surface area contributed by atoms with Crippen LogP contribution in [-0.2, 0) is 14.8 Å². The van der Waals surface area contributed by atoms with Crippen LogP contribution in [0.4, 0.5) is 5.69 Å². The van der Waals surface area contributed by atoms with E-state index in [0.29, 0.717) is 23.1 Å². The summed E-state index contributed by atoms with van der Waals surface area (Å²) in [7, 11) is -3.81. The number of amides is 1. The maximum Gasteiger partial charge on any atom is 0.241 e. The second-order valence-corrected chi connectivity index (χ2v) is 7.89. The van der Waals surface area contributed by atoms with E-state index in [1.54, 1.807) is 18.2 Å². The molecule has 0 heterocycles. The van der Waals surface area contributed by atoms with Crippen molar-refractivity contribution in [3.8, 4) is 5.75 Å². The second-order valence-electron chi connectivity index (χ2n) is 5.72. The van der Waals surface area contributed by atoms with E-state index in [2.05, 4.69) is 10.0 Å². The molecule has 0 bridgehead atoms. The van der Waals surface area contributed by atoms with E-state index in [-0.39, 0.29) is 4.90 Å². The Bertz CT molecular complexity index is 873. The number of nitrogens with one attached hydrogen (secondary N) is 2. The SMILES string of the molecule is CCOc1ccc(S(=O)(=O)NCC(=O)Nc2c(C)cc(C)cc2Cl)cc1. The summed E-state index contributed by atoms with van der Waals surface area (Å²) < 4.78 is 32.1. The lowest BCUT2D eigenvalue weighted by molar-refractivity contribution is -0.115. The Morgan fingerprint density at radius 3 is 2.38 bits per heavy atom. The van der Waals surface area contributed by atoms with Crippen LogP contribution in [0.1, 0.15) is 18.1 Å². The smallest absolute Gasteiger partial charge is 0.241 e. The van der Waals surface area contributed by atoms with Gasteiger partial charge in [-0.2, -0.15) is 0 Å². The number of hydrogen-bond donors (Lipinski definition) is 2. The van der Waals surface area contributed by atoms with E-state index in [1.807, 2.05) is 26.8 Å². The van der Waals surface area contributed by atoms with E-state index in [9.17, 15) is 13.2 Å². The second kappa shape index (κ2) is 8.53. The summed E-state index contributed by atoms with van der Waals surface area (Å²) in [5, 5.41) is 3.05. The van der Waals surface area contributed by atoms with Crippen molar-refractivity contribution >= 4 is 33.2 Å². The molecule has 0 fully saturated rings. The molecule has 2 N–H and O–H groups in total.